The van der Waals surface area contributed by atoms with Gasteiger partial charge in [-0.25, -0.2) is 0 Å². The molecule has 1 amide bonds. The van der Waals surface area contributed by atoms with Gasteiger partial charge in [0.15, 0.2) is 0 Å². The van der Waals surface area contributed by atoms with Crippen molar-refractivity contribution in [2.45, 2.75) is 32.2 Å². The van der Waals surface area contributed by atoms with Crippen LogP contribution in [0.4, 0.5) is 0 Å². The summed E-state index contributed by atoms with van der Waals surface area (Å²) in [6.45, 7) is 4.02. The van der Waals surface area contributed by atoms with Gasteiger partial charge in [-0.15, -0.1) is 0 Å². The number of carbonyl (C=O) groups excluding carboxylic acids is 1. The lowest BCUT2D eigenvalue weighted by atomic mass is 10.0. The van der Waals surface area contributed by atoms with Crippen LogP contribution in [-0.2, 0) is 4.79 Å². The number of hydrogen-bond donors (Lipinski definition) is 1. The summed E-state index contributed by atoms with van der Waals surface area (Å²) in [4.78, 5) is 12.6. The number of methoxy groups -OCH3 is 1. The molecule has 1 aliphatic rings. The first kappa shape index (κ1) is 16.8. The molecular formula is C20H22ClNO2. The van der Waals surface area contributed by atoms with Crippen LogP contribution in [0.5, 0.6) is 5.75 Å². The molecule has 2 aromatic rings. The molecule has 4 heteroatoms. The van der Waals surface area contributed by atoms with Crippen LogP contribution in [0.15, 0.2) is 42.5 Å². The van der Waals surface area contributed by atoms with Gasteiger partial charge in [0.2, 0.25) is 5.91 Å². The normalized spacial score (nSPS) is 20.3. The second-order valence-corrected chi connectivity index (χ2v) is 6.85. The van der Waals surface area contributed by atoms with E-state index in [-0.39, 0.29) is 23.8 Å². The summed E-state index contributed by atoms with van der Waals surface area (Å²) in [6.07, 6.45) is 0.854. The van der Waals surface area contributed by atoms with Gasteiger partial charge in [0.25, 0.3) is 0 Å². The predicted octanol–water partition coefficient (Wildman–Crippen LogP) is 4.64. The van der Waals surface area contributed by atoms with Crippen molar-refractivity contribution in [3.05, 3.63) is 64.2 Å². The Morgan fingerprint density at radius 1 is 1.29 bits per heavy atom. The van der Waals surface area contributed by atoms with E-state index in [0.717, 1.165) is 33.9 Å². The molecule has 2 aromatic carbocycles. The zero-order valence-electron chi connectivity index (χ0n) is 14.2. The fourth-order valence-electron chi connectivity index (χ4n) is 3.19. The minimum absolute atomic E-state index is 0.00292. The summed E-state index contributed by atoms with van der Waals surface area (Å²) < 4.78 is 5.42. The maximum absolute atomic E-state index is 12.6. The highest BCUT2D eigenvalue weighted by Gasteiger charge is 2.45. The summed E-state index contributed by atoms with van der Waals surface area (Å²) in [5, 5.41) is 3.86. The smallest absolute Gasteiger partial charge is 0.224 e. The van der Waals surface area contributed by atoms with Crippen molar-refractivity contribution in [2.75, 3.05) is 7.11 Å². The standard InChI is InChI=1S/C20H22ClNO2/c1-12-8-9-19(24-3)15(10-12)13(2)22-20(23)17-11-16(17)14-6-4-5-7-18(14)21/h4-10,13,16-17H,11H2,1-3H3,(H,22,23). The van der Waals surface area contributed by atoms with Crippen LogP contribution in [0.2, 0.25) is 5.02 Å². The molecule has 1 aliphatic carbocycles. The van der Waals surface area contributed by atoms with E-state index >= 15 is 0 Å². The van der Waals surface area contributed by atoms with Gasteiger partial charge in [-0.3, -0.25) is 4.79 Å². The van der Waals surface area contributed by atoms with E-state index < -0.39 is 0 Å². The van der Waals surface area contributed by atoms with Crippen LogP contribution in [0, 0.1) is 12.8 Å². The molecule has 24 heavy (non-hydrogen) atoms. The van der Waals surface area contributed by atoms with Crippen molar-refractivity contribution >= 4 is 17.5 Å². The molecule has 0 heterocycles. The van der Waals surface area contributed by atoms with E-state index in [4.69, 9.17) is 16.3 Å². The van der Waals surface area contributed by atoms with Gasteiger partial charge in [0, 0.05) is 16.5 Å². The van der Waals surface area contributed by atoms with Gasteiger partial charge >= 0.3 is 0 Å². The molecule has 3 nitrogen and oxygen atoms in total. The van der Waals surface area contributed by atoms with Crippen molar-refractivity contribution in [3.8, 4) is 5.75 Å². The van der Waals surface area contributed by atoms with Gasteiger partial charge in [0.1, 0.15) is 5.75 Å². The van der Waals surface area contributed by atoms with E-state index in [1.165, 1.54) is 0 Å². The number of halogens is 1. The van der Waals surface area contributed by atoms with Crippen LogP contribution in [0.1, 0.15) is 42.0 Å². The molecule has 0 aliphatic heterocycles. The third kappa shape index (κ3) is 3.41. The Bertz CT molecular complexity index is 759. The summed E-state index contributed by atoms with van der Waals surface area (Å²) in [7, 11) is 1.65. The number of amides is 1. The molecule has 0 radical (unpaired) electrons. The monoisotopic (exact) mass is 343 g/mol. The maximum Gasteiger partial charge on any atom is 0.224 e. The molecule has 126 valence electrons. The fraction of sp³-hybridized carbons (Fsp3) is 0.350. The molecule has 1 N–H and O–H groups in total. The van der Waals surface area contributed by atoms with Crippen molar-refractivity contribution in [3.63, 3.8) is 0 Å². The van der Waals surface area contributed by atoms with Crippen molar-refractivity contribution in [2.24, 2.45) is 5.92 Å². The quantitative estimate of drug-likeness (QED) is 0.859. The van der Waals surface area contributed by atoms with E-state index in [2.05, 4.69) is 11.4 Å². The summed E-state index contributed by atoms with van der Waals surface area (Å²) in [5.74, 6) is 1.11. The molecule has 1 fully saturated rings. The second-order valence-electron chi connectivity index (χ2n) is 6.45. The molecule has 0 bridgehead atoms. The highest BCUT2D eigenvalue weighted by molar-refractivity contribution is 6.31. The Labute approximate surface area is 148 Å². The van der Waals surface area contributed by atoms with Crippen molar-refractivity contribution < 1.29 is 9.53 Å². The van der Waals surface area contributed by atoms with Gasteiger partial charge in [-0.2, -0.15) is 0 Å². The van der Waals surface area contributed by atoms with Crippen LogP contribution in [-0.4, -0.2) is 13.0 Å². The molecular weight excluding hydrogens is 322 g/mol. The number of nitrogens with one attached hydrogen (secondary N) is 1. The largest absolute Gasteiger partial charge is 0.496 e. The lowest BCUT2D eigenvalue weighted by Gasteiger charge is -2.18. The zero-order chi connectivity index (χ0) is 17.3. The first-order chi connectivity index (χ1) is 11.5. The van der Waals surface area contributed by atoms with Gasteiger partial charge < -0.3 is 10.1 Å². The average molecular weight is 344 g/mol. The highest BCUT2D eigenvalue weighted by Crippen LogP contribution is 2.49. The van der Waals surface area contributed by atoms with Crippen LogP contribution in [0.25, 0.3) is 0 Å². The number of aryl methyl sites for hydroxylation is 1. The van der Waals surface area contributed by atoms with Crippen LogP contribution < -0.4 is 10.1 Å². The van der Waals surface area contributed by atoms with E-state index in [9.17, 15) is 4.79 Å². The summed E-state index contributed by atoms with van der Waals surface area (Å²) in [5.41, 5.74) is 3.22. The minimum atomic E-state index is -0.0974. The lowest BCUT2D eigenvalue weighted by Crippen LogP contribution is -2.28. The highest BCUT2D eigenvalue weighted by atomic mass is 35.5. The molecule has 1 saturated carbocycles. The topological polar surface area (TPSA) is 38.3 Å². The van der Waals surface area contributed by atoms with Crippen molar-refractivity contribution in [1.29, 1.82) is 0 Å². The minimum Gasteiger partial charge on any atom is -0.496 e. The second kappa shape index (κ2) is 6.86. The van der Waals surface area contributed by atoms with Gasteiger partial charge in [0.05, 0.1) is 13.2 Å². The predicted molar refractivity (Wildman–Crippen MR) is 96.6 cm³/mol. The molecule has 0 saturated heterocycles. The molecule has 3 unspecified atom stereocenters. The third-order valence-corrected chi connectivity index (χ3v) is 4.99. The van der Waals surface area contributed by atoms with E-state index in [1.807, 2.05) is 50.2 Å². The van der Waals surface area contributed by atoms with Gasteiger partial charge in [-0.05, 0) is 43.9 Å². The Kier molecular flexibility index (Phi) is 4.81. The number of carbonyl (C=O) groups is 1. The SMILES string of the molecule is COc1ccc(C)cc1C(C)NC(=O)C1CC1c1ccccc1Cl. The molecule has 0 aromatic heterocycles. The molecule has 3 rings (SSSR count). The Morgan fingerprint density at radius 3 is 2.75 bits per heavy atom. The first-order valence-electron chi connectivity index (χ1n) is 8.20. The van der Waals surface area contributed by atoms with E-state index in [0.29, 0.717) is 0 Å². The van der Waals surface area contributed by atoms with Gasteiger partial charge in [-0.1, -0.05) is 47.5 Å². The molecule has 0 spiro atoms. The fourth-order valence-corrected chi connectivity index (χ4v) is 3.47. The Balaban J connectivity index is 1.68. The Morgan fingerprint density at radius 2 is 2.04 bits per heavy atom. The maximum atomic E-state index is 12.6. The lowest BCUT2D eigenvalue weighted by molar-refractivity contribution is -0.123. The van der Waals surface area contributed by atoms with Crippen LogP contribution >= 0.6 is 11.6 Å². The van der Waals surface area contributed by atoms with Crippen molar-refractivity contribution in [1.82, 2.24) is 5.32 Å². The summed E-state index contributed by atoms with van der Waals surface area (Å²) in [6, 6.07) is 13.7. The number of rotatable bonds is 5. The zero-order valence-corrected chi connectivity index (χ0v) is 14.9. The van der Waals surface area contributed by atoms with E-state index in [1.54, 1.807) is 7.11 Å². The number of ether oxygens (including phenoxy) is 1. The first-order valence-corrected chi connectivity index (χ1v) is 8.58. The van der Waals surface area contributed by atoms with Crippen LogP contribution in [0.3, 0.4) is 0 Å². The number of hydrogen-bond acceptors (Lipinski definition) is 2. The average Bonchev–Trinajstić information content (AvgIpc) is 3.35. The third-order valence-electron chi connectivity index (χ3n) is 4.64. The summed E-state index contributed by atoms with van der Waals surface area (Å²) >= 11 is 6.24. The molecule has 3 atom stereocenters. The Hall–Kier alpha value is -2.00. The number of benzene rings is 2.